The molecule has 1 heterocycles. The lowest BCUT2D eigenvalue weighted by Crippen LogP contribution is -2.51. The Hall–Kier alpha value is -0.570. The highest BCUT2D eigenvalue weighted by molar-refractivity contribution is 5.79. The molecule has 5 atom stereocenters. The van der Waals surface area contributed by atoms with Crippen LogP contribution in [0.2, 0.25) is 0 Å². The number of hydrogen-bond donors (Lipinski definition) is 1. The molecule has 2 aliphatic carbocycles. The quantitative estimate of drug-likeness (QED) is 0.849. The maximum atomic E-state index is 12.9. The van der Waals surface area contributed by atoms with Crippen molar-refractivity contribution in [1.82, 2.24) is 4.90 Å². The number of hydrogen-bond acceptors (Lipinski definition) is 2. The number of nitrogens with zero attached hydrogens (tertiary/aromatic N) is 1. The number of rotatable bonds is 2. The first-order valence-corrected chi connectivity index (χ1v) is 9.23. The molecule has 3 aliphatic rings. The van der Waals surface area contributed by atoms with E-state index in [1.807, 2.05) is 0 Å². The van der Waals surface area contributed by atoms with E-state index in [1.54, 1.807) is 0 Å². The first-order valence-electron chi connectivity index (χ1n) is 9.23. The molecule has 3 heteroatoms. The summed E-state index contributed by atoms with van der Waals surface area (Å²) in [6.45, 7) is 3.99. The smallest absolute Gasteiger partial charge is 0.225 e. The van der Waals surface area contributed by atoms with E-state index in [2.05, 4.69) is 11.8 Å². The summed E-state index contributed by atoms with van der Waals surface area (Å²) in [6, 6.07) is 0.299. The summed E-state index contributed by atoms with van der Waals surface area (Å²) in [5.74, 6) is 3.05. The molecule has 21 heavy (non-hydrogen) atoms. The SMILES string of the molecule is CCC1CN(C(=O)C2CCC3CCCCC3C2)CCC1N. The number of likely N-dealkylation sites (tertiary alicyclic amines) is 1. The Kier molecular flexibility index (Phi) is 4.88. The van der Waals surface area contributed by atoms with Gasteiger partial charge in [-0.2, -0.15) is 0 Å². The lowest BCUT2D eigenvalue weighted by atomic mass is 9.67. The van der Waals surface area contributed by atoms with Crippen molar-refractivity contribution in [1.29, 1.82) is 0 Å². The molecule has 0 aromatic heterocycles. The van der Waals surface area contributed by atoms with E-state index in [9.17, 15) is 4.79 Å². The van der Waals surface area contributed by atoms with Crippen LogP contribution in [-0.2, 0) is 4.79 Å². The van der Waals surface area contributed by atoms with Crippen LogP contribution in [0.15, 0.2) is 0 Å². The molecule has 2 N–H and O–H groups in total. The zero-order valence-corrected chi connectivity index (χ0v) is 13.6. The van der Waals surface area contributed by atoms with Crippen LogP contribution < -0.4 is 5.73 Å². The van der Waals surface area contributed by atoms with Crippen molar-refractivity contribution in [2.24, 2.45) is 29.4 Å². The molecule has 1 amide bonds. The van der Waals surface area contributed by atoms with E-state index in [4.69, 9.17) is 5.73 Å². The second-order valence-corrected chi connectivity index (χ2v) is 7.72. The Bertz CT molecular complexity index is 370. The monoisotopic (exact) mass is 292 g/mol. The van der Waals surface area contributed by atoms with Gasteiger partial charge in [-0.3, -0.25) is 4.79 Å². The summed E-state index contributed by atoms with van der Waals surface area (Å²) in [4.78, 5) is 15.0. The van der Waals surface area contributed by atoms with Gasteiger partial charge in [-0.15, -0.1) is 0 Å². The van der Waals surface area contributed by atoms with Crippen molar-refractivity contribution >= 4 is 5.91 Å². The van der Waals surface area contributed by atoms with Crippen LogP contribution in [0.5, 0.6) is 0 Å². The second kappa shape index (κ2) is 6.68. The van der Waals surface area contributed by atoms with Gasteiger partial charge in [0.15, 0.2) is 0 Å². The predicted octanol–water partition coefficient (Wildman–Crippen LogP) is 3.18. The van der Waals surface area contributed by atoms with Gasteiger partial charge in [0.05, 0.1) is 0 Å². The molecule has 0 aromatic rings. The minimum absolute atomic E-state index is 0.299. The van der Waals surface area contributed by atoms with Gasteiger partial charge >= 0.3 is 0 Å². The molecule has 5 unspecified atom stereocenters. The fraction of sp³-hybridized carbons (Fsp3) is 0.944. The van der Waals surface area contributed by atoms with Gasteiger partial charge in [0.2, 0.25) is 5.91 Å². The number of carbonyl (C=O) groups is 1. The Balaban J connectivity index is 1.58. The molecule has 2 saturated carbocycles. The largest absolute Gasteiger partial charge is 0.342 e. The summed E-state index contributed by atoms with van der Waals surface area (Å²) in [6.07, 6.45) is 11.3. The standard InChI is InChI=1S/C18H32N2O/c1-2-13-12-20(10-9-17(13)19)18(21)16-8-7-14-5-3-4-6-15(14)11-16/h13-17H,2-12,19H2,1H3. The van der Waals surface area contributed by atoms with Crippen LogP contribution in [0.3, 0.4) is 0 Å². The van der Waals surface area contributed by atoms with E-state index < -0.39 is 0 Å². The fourth-order valence-corrected chi connectivity index (χ4v) is 5.04. The molecule has 120 valence electrons. The molecule has 1 aliphatic heterocycles. The van der Waals surface area contributed by atoms with Gasteiger partial charge in [0, 0.05) is 25.0 Å². The summed E-state index contributed by atoms with van der Waals surface area (Å²) in [5, 5.41) is 0. The topological polar surface area (TPSA) is 46.3 Å². The minimum Gasteiger partial charge on any atom is -0.342 e. The molecule has 0 spiro atoms. The fourth-order valence-electron chi connectivity index (χ4n) is 5.04. The number of nitrogens with two attached hydrogens (primary N) is 1. The number of amides is 1. The van der Waals surface area contributed by atoms with E-state index >= 15 is 0 Å². The summed E-state index contributed by atoms with van der Waals surface area (Å²) in [7, 11) is 0. The highest BCUT2D eigenvalue weighted by Crippen LogP contribution is 2.43. The average molecular weight is 292 g/mol. The summed E-state index contributed by atoms with van der Waals surface area (Å²) >= 11 is 0. The Morgan fingerprint density at radius 1 is 1.10 bits per heavy atom. The van der Waals surface area contributed by atoms with E-state index in [1.165, 1.54) is 38.5 Å². The van der Waals surface area contributed by atoms with Gasteiger partial charge in [-0.05, 0) is 43.4 Å². The van der Waals surface area contributed by atoms with Gasteiger partial charge < -0.3 is 10.6 Å². The molecule has 3 rings (SSSR count). The van der Waals surface area contributed by atoms with Gasteiger partial charge in [0.1, 0.15) is 0 Å². The van der Waals surface area contributed by atoms with Crippen LogP contribution in [0.25, 0.3) is 0 Å². The number of fused-ring (bicyclic) bond motifs is 1. The molecular weight excluding hydrogens is 260 g/mol. The van der Waals surface area contributed by atoms with Crippen molar-refractivity contribution in [2.45, 2.75) is 70.8 Å². The zero-order chi connectivity index (χ0) is 14.8. The molecule has 0 radical (unpaired) electrons. The van der Waals surface area contributed by atoms with E-state index in [0.29, 0.717) is 23.8 Å². The third kappa shape index (κ3) is 3.28. The van der Waals surface area contributed by atoms with Crippen molar-refractivity contribution in [3.05, 3.63) is 0 Å². The highest BCUT2D eigenvalue weighted by Gasteiger charge is 2.38. The van der Waals surface area contributed by atoms with E-state index in [-0.39, 0.29) is 0 Å². The molecular formula is C18H32N2O. The Labute approximate surface area is 129 Å². The molecule has 3 fully saturated rings. The zero-order valence-electron chi connectivity index (χ0n) is 13.6. The predicted molar refractivity (Wildman–Crippen MR) is 85.7 cm³/mol. The molecule has 1 saturated heterocycles. The minimum atomic E-state index is 0.299. The van der Waals surface area contributed by atoms with Crippen LogP contribution in [0.4, 0.5) is 0 Å². The maximum absolute atomic E-state index is 12.9. The van der Waals surface area contributed by atoms with Crippen LogP contribution in [0, 0.1) is 23.7 Å². The van der Waals surface area contributed by atoms with Crippen LogP contribution >= 0.6 is 0 Å². The van der Waals surface area contributed by atoms with Crippen molar-refractivity contribution in [2.75, 3.05) is 13.1 Å². The molecule has 0 bridgehead atoms. The lowest BCUT2D eigenvalue weighted by Gasteiger charge is -2.42. The molecule has 3 nitrogen and oxygen atoms in total. The third-order valence-corrected chi connectivity index (χ3v) is 6.52. The van der Waals surface area contributed by atoms with Gasteiger partial charge in [-0.25, -0.2) is 0 Å². The van der Waals surface area contributed by atoms with Crippen molar-refractivity contribution in [3.63, 3.8) is 0 Å². The third-order valence-electron chi connectivity index (χ3n) is 6.52. The van der Waals surface area contributed by atoms with Gasteiger partial charge in [0.25, 0.3) is 0 Å². The van der Waals surface area contributed by atoms with Gasteiger partial charge in [-0.1, -0.05) is 39.0 Å². The first kappa shape index (κ1) is 15.3. The second-order valence-electron chi connectivity index (χ2n) is 7.72. The summed E-state index contributed by atoms with van der Waals surface area (Å²) < 4.78 is 0. The average Bonchev–Trinajstić information content (AvgIpc) is 2.54. The normalized spacial score (nSPS) is 40.7. The van der Waals surface area contributed by atoms with E-state index in [0.717, 1.165) is 44.2 Å². The maximum Gasteiger partial charge on any atom is 0.225 e. The van der Waals surface area contributed by atoms with Crippen molar-refractivity contribution < 1.29 is 4.79 Å². The highest BCUT2D eigenvalue weighted by atomic mass is 16.2. The lowest BCUT2D eigenvalue weighted by molar-refractivity contribution is -0.140. The Morgan fingerprint density at radius 3 is 2.62 bits per heavy atom. The first-order chi connectivity index (χ1) is 10.2. The Morgan fingerprint density at radius 2 is 1.86 bits per heavy atom. The summed E-state index contributed by atoms with van der Waals surface area (Å²) in [5.41, 5.74) is 6.18. The molecule has 0 aromatic carbocycles. The number of carbonyl (C=O) groups excluding carboxylic acids is 1. The van der Waals surface area contributed by atoms with Crippen LogP contribution in [-0.4, -0.2) is 29.9 Å². The van der Waals surface area contributed by atoms with Crippen LogP contribution in [0.1, 0.15) is 64.7 Å². The van der Waals surface area contributed by atoms with Crippen molar-refractivity contribution in [3.8, 4) is 0 Å². The number of piperidine rings is 1.